The van der Waals surface area contributed by atoms with E-state index in [4.69, 9.17) is 4.74 Å². The first-order valence-electron chi connectivity index (χ1n) is 11.6. The highest BCUT2D eigenvalue weighted by molar-refractivity contribution is 7.14. The van der Waals surface area contributed by atoms with Crippen LogP contribution in [0.2, 0.25) is 0 Å². The van der Waals surface area contributed by atoms with Crippen molar-refractivity contribution in [1.29, 1.82) is 0 Å². The number of hydrogen-bond donors (Lipinski definition) is 0. The normalized spacial score (nSPS) is 11.2. The third-order valence-electron chi connectivity index (χ3n) is 5.23. The minimum absolute atomic E-state index is 0.329. The Morgan fingerprint density at radius 3 is 2.16 bits per heavy atom. The number of ether oxygens (including phenoxy) is 1. The summed E-state index contributed by atoms with van der Waals surface area (Å²) in [6.07, 6.45) is 12.4. The Morgan fingerprint density at radius 1 is 0.844 bits per heavy atom. The van der Waals surface area contributed by atoms with Crippen molar-refractivity contribution in [3.63, 3.8) is 0 Å². The molecule has 0 bridgehead atoms. The number of carbonyl (C=O) groups is 1. The van der Waals surface area contributed by atoms with Gasteiger partial charge >= 0.3 is 5.97 Å². The van der Waals surface area contributed by atoms with Gasteiger partial charge in [0.05, 0.1) is 0 Å². The molecule has 32 heavy (non-hydrogen) atoms. The molecule has 0 atom stereocenters. The number of aryl methyl sites for hydroxylation is 1. The highest BCUT2D eigenvalue weighted by Crippen LogP contribution is 2.28. The van der Waals surface area contributed by atoms with Gasteiger partial charge in [0, 0.05) is 18.1 Å². The van der Waals surface area contributed by atoms with Crippen LogP contribution in [-0.2, 0) is 11.2 Å². The van der Waals surface area contributed by atoms with E-state index in [1.807, 2.05) is 30.3 Å². The van der Waals surface area contributed by atoms with Crippen molar-refractivity contribution in [3.8, 4) is 27.4 Å². The maximum absolute atomic E-state index is 11.9. The number of rotatable bonds is 12. The lowest BCUT2D eigenvalue weighted by molar-refractivity contribution is -0.129. The molecule has 0 fully saturated rings. The number of nitrogens with zero attached hydrogens (tertiary/aromatic N) is 2. The van der Waals surface area contributed by atoms with Crippen molar-refractivity contribution < 1.29 is 9.53 Å². The van der Waals surface area contributed by atoms with Crippen molar-refractivity contribution in [2.45, 2.75) is 65.2 Å². The largest absolute Gasteiger partial charge is 0.423 e. The van der Waals surface area contributed by atoms with E-state index in [-0.39, 0.29) is 5.97 Å². The summed E-state index contributed by atoms with van der Waals surface area (Å²) < 4.78 is 5.39. The number of esters is 1. The lowest BCUT2D eigenvalue weighted by Crippen LogP contribution is -2.03. The predicted molar refractivity (Wildman–Crippen MR) is 133 cm³/mol. The zero-order chi connectivity index (χ0) is 22.6. The van der Waals surface area contributed by atoms with Crippen molar-refractivity contribution >= 4 is 17.3 Å². The summed E-state index contributed by atoms with van der Waals surface area (Å²) in [5.41, 5.74) is 3.27. The molecular weight excluding hydrogens is 416 g/mol. The standard InChI is InChI=1S/C27H32N2O2S/c1-3-5-7-8-10-12-26(30)31-24-19-17-22(18-20-24)21-13-15-23(16-14-21)27-29-28-25(32-27)11-9-6-4-2/h10,12-20H,3-9,11H2,1-2H3/b12-10+. The summed E-state index contributed by atoms with van der Waals surface area (Å²) in [6.45, 7) is 4.38. The van der Waals surface area contributed by atoms with E-state index in [0.29, 0.717) is 5.75 Å². The van der Waals surface area contributed by atoms with Gasteiger partial charge in [0.15, 0.2) is 0 Å². The molecule has 1 heterocycles. The van der Waals surface area contributed by atoms with Crippen LogP contribution >= 0.6 is 11.3 Å². The summed E-state index contributed by atoms with van der Waals surface area (Å²) >= 11 is 1.68. The van der Waals surface area contributed by atoms with Crippen LogP contribution in [0.3, 0.4) is 0 Å². The van der Waals surface area contributed by atoms with E-state index in [9.17, 15) is 4.79 Å². The lowest BCUT2D eigenvalue weighted by Gasteiger charge is -2.05. The average Bonchev–Trinajstić information content (AvgIpc) is 3.29. The second-order valence-corrected chi connectivity index (χ2v) is 8.94. The number of hydrogen-bond acceptors (Lipinski definition) is 5. The van der Waals surface area contributed by atoms with Crippen molar-refractivity contribution in [3.05, 3.63) is 65.7 Å². The van der Waals surface area contributed by atoms with E-state index in [0.717, 1.165) is 46.0 Å². The smallest absolute Gasteiger partial charge is 0.335 e. The second kappa shape index (κ2) is 12.9. The lowest BCUT2D eigenvalue weighted by atomic mass is 10.0. The molecule has 4 nitrogen and oxygen atoms in total. The van der Waals surface area contributed by atoms with Gasteiger partial charge in [-0.2, -0.15) is 0 Å². The molecule has 0 aliphatic carbocycles. The highest BCUT2D eigenvalue weighted by Gasteiger charge is 2.08. The molecule has 0 unspecified atom stereocenters. The van der Waals surface area contributed by atoms with Crippen LogP contribution in [0.15, 0.2) is 60.7 Å². The van der Waals surface area contributed by atoms with Crippen molar-refractivity contribution in [2.75, 3.05) is 0 Å². The number of benzene rings is 2. The summed E-state index contributed by atoms with van der Waals surface area (Å²) in [5, 5.41) is 10.8. The minimum Gasteiger partial charge on any atom is -0.423 e. The van der Waals surface area contributed by atoms with E-state index >= 15 is 0 Å². The molecule has 3 rings (SSSR count). The quantitative estimate of drug-likeness (QED) is 0.124. The van der Waals surface area contributed by atoms with E-state index in [1.54, 1.807) is 11.3 Å². The first-order valence-corrected chi connectivity index (χ1v) is 12.4. The molecule has 0 aliphatic heterocycles. The average molecular weight is 449 g/mol. The molecule has 0 aliphatic rings. The van der Waals surface area contributed by atoms with Gasteiger partial charge in [-0.3, -0.25) is 0 Å². The fraction of sp³-hybridized carbons (Fsp3) is 0.370. The van der Waals surface area contributed by atoms with Gasteiger partial charge in [-0.25, -0.2) is 4.79 Å². The topological polar surface area (TPSA) is 52.1 Å². The first kappa shape index (κ1) is 23.9. The maximum atomic E-state index is 11.9. The van der Waals surface area contributed by atoms with E-state index in [1.165, 1.54) is 38.2 Å². The van der Waals surface area contributed by atoms with Crippen LogP contribution in [-0.4, -0.2) is 16.2 Å². The number of aromatic nitrogens is 2. The van der Waals surface area contributed by atoms with Gasteiger partial charge in [-0.15, -0.1) is 10.2 Å². The summed E-state index contributed by atoms with van der Waals surface area (Å²) in [6, 6.07) is 16.0. The highest BCUT2D eigenvalue weighted by atomic mass is 32.1. The minimum atomic E-state index is -0.329. The van der Waals surface area contributed by atoms with E-state index < -0.39 is 0 Å². The monoisotopic (exact) mass is 448 g/mol. The predicted octanol–water partition coefficient (Wildman–Crippen LogP) is 7.65. The number of unbranched alkanes of at least 4 members (excludes halogenated alkanes) is 5. The molecule has 0 amide bonds. The molecule has 0 spiro atoms. The van der Waals surface area contributed by atoms with Gasteiger partial charge < -0.3 is 4.74 Å². The van der Waals surface area contributed by atoms with Crippen molar-refractivity contribution in [1.82, 2.24) is 10.2 Å². The molecule has 3 aromatic rings. The van der Waals surface area contributed by atoms with Gasteiger partial charge in [-0.05, 0) is 42.5 Å². The summed E-state index contributed by atoms with van der Waals surface area (Å²) in [7, 11) is 0. The Balaban J connectivity index is 1.55. The number of carbonyl (C=O) groups excluding carboxylic acids is 1. The zero-order valence-corrected chi connectivity index (χ0v) is 19.9. The van der Waals surface area contributed by atoms with Gasteiger partial charge in [-0.1, -0.05) is 93.3 Å². The van der Waals surface area contributed by atoms with Crippen LogP contribution in [0.4, 0.5) is 0 Å². The molecule has 0 radical (unpaired) electrons. The molecule has 0 saturated heterocycles. The van der Waals surface area contributed by atoms with Crippen LogP contribution in [0.1, 0.15) is 63.8 Å². The maximum Gasteiger partial charge on any atom is 0.335 e. The molecule has 0 N–H and O–H groups in total. The molecule has 5 heteroatoms. The van der Waals surface area contributed by atoms with Crippen LogP contribution < -0.4 is 4.74 Å². The Hall–Kier alpha value is -2.79. The second-order valence-electron chi connectivity index (χ2n) is 7.88. The van der Waals surface area contributed by atoms with Crippen LogP contribution in [0.5, 0.6) is 5.75 Å². The van der Waals surface area contributed by atoms with E-state index in [2.05, 4.69) is 48.3 Å². The fourth-order valence-electron chi connectivity index (χ4n) is 3.36. The van der Waals surface area contributed by atoms with Gasteiger partial charge in [0.1, 0.15) is 15.8 Å². The van der Waals surface area contributed by atoms with Crippen molar-refractivity contribution in [2.24, 2.45) is 0 Å². The molecule has 2 aromatic carbocycles. The molecule has 168 valence electrons. The molecule has 0 saturated carbocycles. The Kier molecular flexibility index (Phi) is 9.63. The van der Waals surface area contributed by atoms with Gasteiger partial charge in [0.2, 0.25) is 0 Å². The Morgan fingerprint density at radius 2 is 1.47 bits per heavy atom. The van der Waals surface area contributed by atoms with Crippen LogP contribution in [0, 0.1) is 0 Å². The Bertz CT molecular complexity index is 991. The SMILES string of the molecule is CCCCC/C=C/C(=O)Oc1ccc(-c2ccc(-c3nnc(CCCCC)s3)cc2)cc1. The third kappa shape index (κ3) is 7.41. The van der Waals surface area contributed by atoms with Crippen LogP contribution in [0.25, 0.3) is 21.7 Å². The zero-order valence-electron chi connectivity index (χ0n) is 19.0. The first-order chi connectivity index (χ1) is 15.7. The summed E-state index contributed by atoms with van der Waals surface area (Å²) in [4.78, 5) is 11.9. The molecule has 1 aromatic heterocycles. The molecular formula is C27H32N2O2S. The van der Waals surface area contributed by atoms with Gasteiger partial charge in [0.25, 0.3) is 0 Å². The number of allylic oxidation sites excluding steroid dienone is 1. The fourth-order valence-corrected chi connectivity index (χ4v) is 4.25. The summed E-state index contributed by atoms with van der Waals surface area (Å²) in [5.74, 6) is 0.225. The third-order valence-corrected chi connectivity index (χ3v) is 6.26. The Labute approximate surface area is 195 Å².